The van der Waals surface area contributed by atoms with Gasteiger partial charge in [-0.15, -0.1) is 0 Å². The number of phenolic OH excluding ortho intramolecular Hbond substituents is 1. The summed E-state index contributed by atoms with van der Waals surface area (Å²) in [6.07, 6.45) is 4.21. The summed E-state index contributed by atoms with van der Waals surface area (Å²) >= 11 is 0. The molecule has 23 heavy (non-hydrogen) atoms. The molecule has 7 heteroatoms. The van der Waals surface area contributed by atoms with Gasteiger partial charge in [-0.25, -0.2) is 4.39 Å². The lowest BCUT2D eigenvalue weighted by atomic mass is 9.75. The SMILES string of the molecule is Cn1cc([C@H](NC(=O)c2cc(O)ccc2F)C2CC(O)C2)cn1. The van der Waals surface area contributed by atoms with E-state index in [2.05, 4.69) is 10.4 Å². The van der Waals surface area contributed by atoms with Gasteiger partial charge in [0.15, 0.2) is 0 Å². The molecule has 0 spiro atoms. The normalized spacial score (nSPS) is 21.5. The predicted octanol–water partition coefficient (Wildman–Crippen LogP) is 1.51. The van der Waals surface area contributed by atoms with Crippen LogP contribution >= 0.6 is 0 Å². The van der Waals surface area contributed by atoms with Crippen molar-refractivity contribution >= 4 is 5.91 Å². The number of amides is 1. The third-order valence-electron chi connectivity index (χ3n) is 4.19. The minimum atomic E-state index is -0.695. The number of aliphatic hydroxyl groups excluding tert-OH is 1. The van der Waals surface area contributed by atoms with Crippen molar-refractivity contribution in [2.45, 2.75) is 25.0 Å². The Labute approximate surface area is 132 Å². The van der Waals surface area contributed by atoms with E-state index >= 15 is 0 Å². The highest BCUT2D eigenvalue weighted by Crippen LogP contribution is 2.38. The first-order chi connectivity index (χ1) is 10.9. The highest BCUT2D eigenvalue weighted by molar-refractivity contribution is 5.95. The molecule has 0 saturated heterocycles. The molecule has 1 saturated carbocycles. The van der Waals surface area contributed by atoms with Crippen molar-refractivity contribution in [3.63, 3.8) is 0 Å². The second kappa shape index (κ2) is 6.00. The van der Waals surface area contributed by atoms with Crippen LogP contribution in [-0.4, -0.2) is 32.0 Å². The molecule has 1 aliphatic rings. The minimum Gasteiger partial charge on any atom is -0.508 e. The van der Waals surface area contributed by atoms with Crippen molar-refractivity contribution in [2.75, 3.05) is 0 Å². The van der Waals surface area contributed by atoms with Crippen LogP contribution in [0.15, 0.2) is 30.6 Å². The summed E-state index contributed by atoms with van der Waals surface area (Å²) in [5, 5.41) is 25.9. The molecule has 1 aliphatic carbocycles. The summed E-state index contributed by atoms with van der Waals surface area (Å²) in [5.74, 6) is -1.40. The van der Waals surface area contributed by atoms with Crippen molar-refractivity contribution in [1.82, 2.24) is 15.1 Å². The van der Waals surface area contributed by atoms with Crippen LogP contribution in [0.3, 0.4) is 0 Å². The number of hydrogen-bond acceptors (Lipinski definition) is 4. The Morgan fingerprint density at radius 3 is 2.83 bits per heavy atom. The topological polar surface area (TPSA) is 87.4 Å². The zero-order valence-corrected chi connectivity index (χ0v) is 12.6. The van der Waals surface area contributed by atoms with Crippen LogP contribution in [0.1, 0.15) is 34.8 Å². The number of aromatic nitrogens is 2. The highest BCUT2D eigenvalue weighted by atomic mass is 19.1. The molecule has 1 amide bonds. The molecule has 3 rings (SSSR count). The summed E-state index contributed by atoms with van der Waals surface area (Å²) < 4.78 is 15.4. The van der Waals surface area contributed by atoms with E-state index in [0.29, 0.717) is 12.8 Å². The number of nitrogens with one attached hydrogen (secondary N) is 1. The Kier molecular flexibility index (Phi) is 4.04. The number of phenols is 1. The van der Waals surface area contributed by atoms with Gasteiger partial charge in [0.05, 0.1) is 23.9 Å². The van der Waals surface area contributed by atoms with E-state index in [1.807, 2.05) is 0 Å². The number of carbonyl (C=O) groups is 1. The van der Waals surface area contributed by atoms with Crippen LogP contribution in [0.2, 0.25) is 0 Å². The van der Waals surface area contributed by atoms with Gasteiger partial charge in [-0.05, 0) is 37.0 Å². The summed E-state index contributed by atoms with van der Waals surface area (Å²) in [6.45, 7) is 0. The number of hydrogen-bond donors (Lipinski definition) is 3. The molecule has 122 valence electrons. The van der Waals surface area contributed by atoms with Crippen molar-refractivity contribution in [3.05, 3.63) is 47.5 Å². The maximum Gasteiger partial charge on any atom is 0.254 e. The average molecular weight is 319 g/mol. The third-order valence-corrected chi connectivity index (χ3v) is 4.19. The van der Waals surface area contributed by atoms with Gasteiger partial charge in [0, 0.05) is 18.8 Å². The number of rotatable bonds is 4. The Balaban J connectivity index is 1.83. The number of aromatic hydroxyl groups is 1. The van der Waals surface area contributed by atoms with Crippen LogP contribution in [0.5, 0.6) is 5.75 Å². The zero-order chi connectivity index (χ0) is 16.6. The predicted molar refractivity (Wildman–Crippen MR) is 80.2 cm³/mol. The van der Waals surface area contributed by atoms with Gasteiger partial charge in [0.25, 0.3) is 5.91 Å². The first-order valence-corrected chi connectivity index (χ1v) is 7.40. The van der Waals surface area contributed by atoms with E-state index in [9.17, 15) is 19.4 Å². The van der Waals surface area contributed by atoms with Gasteiger partial charge in [-0.3, -0.25) is 9.48 Å². The van der Waals surface area contributed by atoms with E-state index in [1.54, 1.807) is 24.1 Å². The molecule has 1 fully saturated rings. The summed E-state index contributed by atoms with van der Waals surface area (Å²) in [6, 6.07) is 2.98. The molecule has 1 atom stereocenters. The van der Waals surface area contributed by atoms with Gasteiger partial charge in [-0.1, -0.05) is 0 Å². The monoisotopic (exact) mass is 319 g/mol. The Hall–Kier alpha value is -2.41. The van der Waals surface area contributed by atoms with Crippen LogP contribution in [0, 0.1) is 11.7 Å². The first-order valence-electron chi connectivity index (χ1n) is 7.40. The third kappa shape index (κ3) is 3.19. The molecule has 0 unspecified atom stereocenters. The van der Waals surface area contributed by atoms with Gasteiger partial charge in [0.2, 0.25) is 0 Å². The Morgan fingerprint density at radius 1 is 1.48 bits per heavy atom. The van der Waals surface area contributed by atoms with Crippen molar-refractivity contribution in [2.24, 2.45) is 13.0 Å². The number of benzene rings is 1. The molecule has 0 radical (unpaired) electrons. The van der Waals surface area contributed by atoms with Crippen molar-refractivity contribution in [3.8, 4) is 5.75 Å². The smallest absolute Gasteiger partial charge is 0.254 e. The fourth-order valence-corrected chi connectivity index (χ4v) is 2.88. The molecular weight excluding hydrogens is 301 g/mol. The fraction of sp³-hybridized carbons (Fsp3) is 0.375. The standard InChI is InChI=1S/C16H18FN3O3/c1-20-8-10(7-18-20)15(9-4-12(22)5-9)19-16(23)13-6-11(21)2-3-14(13)17/h2-3,6-9,12,15,21-22H,4-5H2,1H3,(H,19,23)/t9?,12?,15-/m1/s1. The largest absolute Gasteiger partial charge is 0.508 e. The van der Waals surface area contributed by atoms with Crippen LogP contribution in [0.25, 0.3) is 0 Å². The molecular formula is C16H18FN3O3. The second-order valence-corrected chi connectivity index (χ2v) is 5.95. The molecule has 1 aromatic carbocycles. The summed E-state index contributed by atoms with van der Waals surface area (Å²) in [4.78, 5) is 12.4. The number of nitrogens with zero attached hydrogens (tertiary/aromatic N) is 2. The van der Waals surface area contributed by atoms with E-state index in [4.69, 9.17) is 0 Å². The minimum absolute atomic E-state index is 0.0681. The van der Waals surface area contributed by atoms with Crippen molar-refractivity contribution in [1.29, 1.82) is 0 Å². The van der Waals surface area contributed by atoms with E-state index in [1.165, 1.54) is 6.07 Å². The maximum absolute atomic E-state index is 13.8. The van der Waals surface area contributed by atoms with E-state index in [-0.39, 0.29) is 29.4 Å². The lowest BCUT2D eigenvalue weighted by molar-refractivity contribution is 0.0234. The quantitative estimate of drug-likeness (QED) is 0.797. The molecule has 1 aromatic heterocycles. The number of aliphatic hydroxyl groups is 1. The molecule has 1 heterocycles. The lowest BCUT2D eigenvalue weighted by Crippen LogP contribution is -2.41. The van der Waals surface area contributed by atoms with Crippen LogP contribution < -0.4 is 5.32 Å². The molecule has 0 aliphatic heterocycles. The lowest BCUT2D eigenvalue weighted by Gasteiger charge is -2.37. The number of carbonyl (C=O) groups excluding carboxylic acids is 1. The zero-order valence-electron chi connectivity index (χ0n) is 12.6. The summed E-state index contributed by atoms with van der Waals surface area (Å²) in [5.41, 5.74) is 0.595. The molecule has 6 nitrogen and oxygen atoms in total. The molecule has 3 N–H and O–H groups in total. The first kappa shape index (κ1) is 15.5. The van der Waals surface area contributed by atoms with Gasteiger partial charge >= 0.3 is 0 Å². The number of halogens is 1. The summed E-state index contributed by atoms with van der Waals surface area (Å²) in [7, 11) is 1.77. The van der Waals surface area contributed by atoms with Crippen LogP contribution in [0.4, 0.5) is 4.39 Å². The van der Waals surface area contributed by atoms with Crippen molar-refractivity contribution < 1.29 is 19.4 Å². The average Bonchev–Trinajstić information content (AvgIpc) is 2.90. The van der Waals surface area contributed by atoms with E-state index in [0.717, 1.165) is 17.7 Å². The Morgan fingerprint density at radius 2 is 2.22 bits per heavy atom. The van der Waals surface area contributed by atoms with Gasteiger partial charge in [0.1, 0.15) is 11.6 Å². The Bertz CT molecular complexity index is 725. The molecule has 0 bridgehead atoms. The molecule has 2 aromatic rings. The number of aryl methyl sites for hydroxylation is 1. The van der Waals surface area contributed by atoms with Gasteiger partial charge < -0.3 is 15.5 Å². The maximum atomic E-state index is 13.8. The highest BCUT2D eigenvalue weighted by Gasteiger charge is 2.36. The van der Waals surface area contributed by atoms with Crippen LogP contribution in [-0.2, 0) is 7.05 Å². The van der Waals surface area contributed by atoms with E-state index < -0.39 is 11.7 Å². The fourth-order valence-electron chi connectivity index (χ4n) is 2.88. The second-order valence-electron chi connectivity index (χ2n) is 5.95. The van der Waals surface area contributed by atoms with Gasteiger partial charge in [-0.2, -0.15) is 5.10 Å².